The molecule has 0 saturated heterocycles. The number of amides is 1. The van der Waals surface area contributed by atoms with Crippen molar-refractivity contribution in [3.05, 3.63) is 59.4 Å². The largest absolute Gasteiger partial charge is 0.323 e. The average molecular weight is 435 g/mol. The SMILES string of the molecule is CCCCc1ccc(-n2nnnc2SC(C)C(=O)Nc2ccc(F)c(F)c2F)cc1. The zero-order valence-corrected chi connectivity index (χ0v) is 17.2. The van der Waals surface area contributed by atoms with Crippen LogP contribution in [0.2, 0.25) is 0 Å². The monoisotopic (exact) mass is 435 g/mol. The maximum Gasteiger partial charge on any atom is 0.237 e. The number of tetrazole rings is 1. The van der Waals surface area contributed by atoms with Gasteiger partial charge in [-0.1, -0.05) is 37.2 Å². The smallest absolute Gasteiger partial charge is 0.237 e. The molecule has 3 rings (SSSR count). The van der Waals surface area contributed by atoms with Crippen molar-refractivity contribution in [2.45, 2.75) is 43.5 Å². The third kappa shape index (κ3) is 4.99. The molecule has 6 nitrogen and oxygen atoms in total. The highest BCUT2D eigenvalue weighted by Gasteiger charge is 2.22. The lowest BCUT2D eigenvalue weighted by molar-refractivity contribution is -0.115. The first-order chi connectivity index (χ1) is 14.4. The molecule has 3 aromatic rings. The zero-order valence-electron chi connectivity index (χ0n) is 16.4. The van der Waals surface area contributed by atoms with Crippen molar-refractivity contribution < 1.29 is 18.0 Å². The lowest BCUT2D eigenvalue weighted by atomic mass is 10.1. The summed E-state index contributed by atoms with van der Waals surface area (Å²) in [6.07, 6.45) is 3.21. The number of thioether (sulfide) groups is 1. The summed E-state index contributed by atoms with van der Waals surface area (Å²) >= 11 is 1.05. The minimum absolute atomic E-state index is 0.365. The van der Waals surface area contributed by atoms with Gasteiger partial charge in [-0.05, 0) is 60.0 Å². The lowest BCUT2D eigenvalue weighted by Crippen LogP contribution is -2.23. The summed E-state index contributed by atoms with van der Waals surface area (Å²) < 4.78 is 41.7. The number of benzene rings is 2. The molecule has 1 N–H and O–H groups in total. The number of carbonyl (C=O) groups excluding carboxylic acids is 1. The van der Waals surface area contributed by atoms with Crippen LogP contribution in [0.25, 0.3) is 5.69 Å². The molecule has 0 bridgehead atoms. The average Bonchev–Trinajstić information content (AvgIpc) is 3.21. The molecule has 10 heteroatoms. The van der Waals surface area contributed by atoms with Crippen LogP contribution in [0.5, 0.6) is 0 Å². The minimum atomic E-state index is -1.64. The molecule has 0 spiro atoms. The lowest BCUT2D eigenvalue weighted by Gasteiger charge is -2.12. The van der Waals surface area contributed by atoms with Crippen LogP contribution in [-0.2, 0) is 11.2 Å². The Balaban J connectivity index is 1.69. The first-order valence-corrected chi connectivity index (χ1v) is 10.3. The predicted octanol–water partition coefficient (Wildman–Crippen LogP) is 4.54. The van der Waals surface area contributed by atoms with E-state index in [-0.39, 0.29) is 0 Å². The summed E-state index contributed by atoms with van der Waals surface area (Å²) in [7, 11) is 0. The molecule has 2 aromatic carbocycles. The Bertz CT molecular complexity index is 1030. The molecule has 0 saturated carbocycles. The number of hydrogen-bond donors (Lipinski definition) is 1. The Morgan fingerprint density at radius 3 is 2.57 bits per heavy atom. The summed E-state index contributed by atoms with van der Waals surface area (Å²) in [4.78, 5) is 12.4. The highest BCUT2D eigenvalue weighted by atomic mass is 32.2. The zero-order chi connectivity index (χ0) is 21.7. The van der Waals surface area contributed by atoms with Crippen molar-refractivity contribution in [3.8, 4) is 5.69 Å². The highest BCUT2D eigenvalue weighted by molar-refractivity contribution is 8.00. The standard InChI is InChI=1S/C20H20F3N5OS/c1-3-4-5-13-6-8-14(9-7-13)28-20(25-26-27-28)30-12(2)19(29)24-16-11-10-15(21)17(22)18(16)23/h6-12H,3-5H2,1-2H3,(H,24,29). The van der Waals surface area contributed by atoms with E-state index in [1.54, 1.807) is 6.92 Å². The van der Waals surface area contributed by atoms with Crippen LogP contribution in [0.15, 0.2) is 41.6 Å². The molecule has 30 heavy (non-hydrogen) atoms. The number of nitrogens with zero attached hydrogens (tertiary/aromatic N) is 4. The van der Waals surface area contributed by atoms with E-state index in [1.165, 1.54) is 10.2 Å². The molecule has 158 valence electrons. The topological polar surface area (TPSA) is 72.7 Å². The molecular formula is C20H20F3N5OS. The first-order valence-electron chi connectivity index (χ1n) is 9.39. The molecular weight excluding hydrogens is 415 g/mol. The highest BCUT2D eigenvalue weighted by Crippen LogP contribution is 2.25. The van der Waals surface area contributed by atoms with E-state index in [0.717, 1.165) is 48.8 Å². The van der Waals surface area contributed by atoms with Crippen LogP contribution in [0.4, 0.5) is 18.9 Å². The van der Waals surface area contributed by atoms with E-state index >= 15 is 0 Å². The minimum Gasteiger partial charge on any atom is -0.323 e. The molecule has 1 unspecified atom stereocenters. The quantitative estimate of drug-likeness (QED) is 0.415. The van der Waals surface area contributed by atoms with Gasteiger partial charge in [0.2, 0.25) is 11.1 Å². The Morgan fingerprint density at radius 2 is 1.87 bits per heavy atom. The number of nitrogens with one attached hydrogen (secondary N) is 1. The van der Waals surface area contributed by atoms with Crippen LogP contribution in [0.1, 0.15) is 32.3 Å². The van der Waals surface area contributed by atoms with Gasteiger partial charge >= 0.3 is 0 Å². The fourth-order valence-electron chi connectivity index (χ4n) is 2.67. The van der Waals surface area contributed by atoms with E-state index in [4.69, 9.17) is 0 Å². The molecule has 1 atom stereocenters. The van der Waals surface area contributed by atoms with Crippen LogP contribution in [-0.4, -0.2) is 31.4 Å². The van der Waals surface area contributed by atoms with E-state index in [0.29, 0.717) is 5.16 Å². The number of aromatic nitrogens is 4. The van der Waals surface area contributed by atoms with E-state index < -0.39 is 34.3 Å². The molecule has 0 aliphatic carbocycles. The fourth-order valence-corrected chi connectivity index (χ4v) is 3.48. The van der Waals surface area contributed by atoms with Crippen molar-refractivity contribution in [1.82, 2.24) is 20.2 Å². The second kappa shape index (κ2) is 9.75. The van der Waals surface area contributed by atoms with Gasteiger partial charge in [-0.25, -0.2) is 13.2 Å². The maximum absolute atomic E-state index is 13.8. The van der Waals surface area contributed by atoms with Gasteiger partial charge in [-0.15, -0.1) is 5.10 Å². The van der Waals surface area contributed by atoms with Gasteiger partial charge < -0.3 is 5.32 Å². The molecule has 1 amide bonds. The molecule has 0 aliphatic heterocycles. The van der Waals surface area contributed by atoms with Gasteiger partial charge in [0, 0.05) is 0 Å². The van der Waals surface area contributed by atoms with Gasteiger partial charge in [-0.2, -0.15) is 4.68 Å². The molecule has 1 aromatic heterocycles. The van der Waals surface area contributed by atoms with Crippen LogP contribution >= 0.6 is 11.8 Å². The Labute approximate surface area is 175 Å². The van der Waals surface area contributed by atoms with E-state index in [2.05, 4.69) is 27.8 Å². The molecule has 1 heterocycles. The number of carbonyl (C=O) groups is 1. The number of aryl methyl sites for hydroxylation is 1. The van der Waals surface area contributed by atoms with Crippen LogP contribution < -0.4 is 5.32 Å². The number of halogens is 3. The van der Waals surface area contributed by atoms with E-state index in [9.17, 15) is 18.0 Å². The van der Waals surface area contributed by atoms with Crippen molar-refractivity contribution in [3.63, 3.8) is 0 Å². The molecule has 0 aliphatic rings. The number of unbranched alkanes of at least 4 members (excludes halogenated alkanes) is 1. The van der Waals surface area contributed by atoms with Crippen LogP contribution in [0, 0.1) is 17.5 Å². The fraction of sp³-hybridized carbons (Fsp3) is 0.300. The Hall–Kier alpha value is -2.88. The number of anilines is 1. The number of rotatable bonds is 8. The second-order valence-corrected chi connectivity index (χ2v) is 7.92. The summed E-state index contributed by atoms with van der Waals surface area (Å²) in [6.45, 7) is 3.71. The van der Waals surface area contributed by atoms with Crippen molar-refractivity contribution in [1.29, 1.82) is 0 Å². The third-order valence-corrected chi connectivity index (χ3v) is 5.42. The Kier molecular flexibility index (Phi) is 7.09. The molecule has 0 fully saturated rings. The van der Waals surface area contributed by atoms with Crippen molar-refractivity contribution >= 4 is 23.4 Å². The first kappa shape index (κ1) is 21.8. The summed E-state index contributed by atoms with van der Waals surface area (Å²) in [5.41, 5.74) is 1.51. The summed E-state index contributed by atoms with van der Waals surface area (Å²) in [5.74, 6) is -5.02. The third-order valence-electron chi connectivity index (χ3n) is 4.39. The molecule has 0 radical (unpaired) electrons. The van der Waals surface area contributed by atoms with Crippen molar-refractivity contribution in [2.24, 2.45) is 0 Å². The van der Waals surface area contributed by atoms with Crippen LogP contribution in [0.3, 0.4) is 0 Å². The predicted molar refractivity (Wildman–Crippen MR) is 108 cm³/mol. The van der Waals surface area contributed by atoms with Gasteiger partial charge in [0.25, 0.3) is 0 Å². The number of hydrogen-bond acceptors (Lipinski definition) is 5. The van der Waals surface area contributed by atoms with Crippen molar-refractivity contribution in [2.75, 3.05) is 5.32 Å². The Morgan fingerprint density at radius 1 is 1.13 bits per heavy atom. The van der Waals surface area contributed by atoms with Gasteiger partial charge in [-0.3, -0.25) is 4.79 Å². The summed E-state index contributed by atoms with van der Waals surface area (Å²) in [5, 5.41) is 13.5. The summed E-state index contributed by atoms with van der Waals surface area (Å²) in [6, 6.07) is 9.51. The van der Waals surface area contributed by atoms with Gasteiger partial charge in [0.1, 0.15) is 0 Å². The van der Waals surface area contributed by atoms with Gasteiger partial charge in [0.05, 0.1) is 16.6 Å². The van der Waals surface area contributed by atoms with Gasteiger partial charge in [0.15, 0.2) is 17.5 Å². The maximum atomic E-state index is 13.8. The second-order valence-electron chi connectivity index (χ2n) is 6.62. The normalized spacial score (nSPS) is 12.0. The van der Waals surface area contributed by atoms with E-state index in [1.807, 2.05) is 24.3 Å².